The van der Waals surface area contributed by atoms with Gasteiger partial charge in [-0.2, -0.15) is 0 Å². The summed E-state index contributed by atoms with van der Waals surface area (Å²) in [5, 5.41) is 0. The van der Waals surface area contributed by atoms with Crippen LogP contribution < -0.4 is 4.74 Å². The molecule has 1 N–H and O–H groups in total. The SMILES string of the molecule is COc1ccc2nc(CCN(C)C(=O)CN3CC[C@H](N(C)C)C3)[nH]c2c1. The summed E-state index contributed by atoms with van der Waals surface area (Å²) in [6.07, 6.45) is 1.84. The van der Waals surface area contributed by atoms with E-state index in [-0.39, 0.29) is 5.91 Å². The molecule has 7 heteroatoms. The summed E-state index contributed by atoms with van der Waals surface area (Å²) in [5.74, 6) is 1.87. The van der Waals surface area contributed by atoms with E-state index in [0.717, 1.165) is 42.1 Å². The molecule has 7 nitrogen and oxygen atoms in total. The number of aromatic nitrogens is 2. The summed E-state index contributed by atoms with van der Waals surface area (Å²) in [6, 6.07) is 6.34. The van der Waals surface area contributed by atoms with E-state index >= 15 is 0 Å². The molecule has 0 bridgehead atoms. The smallest absolute Gasteiger partial charge is 0.236 e. The van der Waals surface area contributed by atoms with Crippen LogP contribution in [0, 0.1) is 0 Å². The highest BCUT2D eigenvalue weighted by atomic mass is 16.5. The van der Waals surface area contributed by atoms with Crippen molar-refractivity contribution in [1.29, 1.82) is 0 Å². The summed E-state index contributed by atoms with van der Waals surface area (Å²) >= 11 is 0. The number of amides is 1. The molecule has 0 aliphatic carbocycles. The zero-order valence-electron chi connectivity index (χ0n) is 16.2. The van der Waals surface area contributed by atoms with Gasteiger partial charge in [-0.25, -0.2) is 4.98 Å². The van der Waals surface area contributed by atoms with Crippen molar-refractivity contribution in [2.45, 2.75) is 18.9 Å². The molecule has 3 rings (SSSR count). The monoisotopic (exact) mass is 359 g/mol. The summed E-state index contributed by atoms with van der Waals surface area (Å²) < 4.78 is 5.24. The molecule has 1 atom stereocenters. The molecule has 1 aliphatic rings. The molecule has 142 valence electrons. The molecule has 1 aliphatic heterocycles. The number of ether oxygens (including phenoxy) is 1. The highest BCUT2D eigenvalue weighted by molar-refractivity contribution is 5.78. The molecule has 26 heavy (non-hydrogen) atoms. The van der Waals surface area contributed by atoms with Crippen LogP contribution in [0.1, 0.15) is 12.2 Å². The fraction of sp³-hybridized carbons (Fsp3) is 0.579. The van der Waals surface area contributed by atoms with Gasteiger partial charge in [-0.05, 0) is 32.6 Å². The maximum absolute atomic E-state index is 12.5. The van der Waals surface area contributed by atoms with Crippen molar-refractivity contribution in [2.75, 3.05) is 54.4 Å². The Bertz CT molecular complexity index is 757. The van der Waals surface area contributed by atoms with Crippen molar-refractivity contribution >= 4 is 16.9 Å². The van der Waals surface area contributed by atoms with E-state index in [1.165, 1.54) is 0 Å². The second-order valence-electron chi connectivity index (χ2n) is 7.27. The van der Waals surface area contributed by atoms with Crippen LogP contribution in [0.3, 0.4) is 0 Å². The number of rotatable bonds is 7. The standard InChI is InChI=1S/C19H29N5O2/c1-22(2)14-7-10-24(12-14)13-19(25)23(3)9-8-18-20-16-6-5-15(26-4)11-17(16)21-18/h5-6,11,14H,7-10,12-13H2,1-4H3,(H,20,21)/t14-/m0/s1. The van der Waals surface area contributed by atoms with E-state index in [4.69, 9.17) is 4.74 Å². The first-order valence-electron chi connectivity index (χ1n) is 9.11. The number of nitrogens with one attached hydrogen (secondary N) is 1. The topological polar surface area (TPSA) is 64.7 Å². The molecular weight excluding hydrogens is 330 g/mol. The lowest BCUT2D eigenvalue weighted by molar-refractivity contribution is -0.130. The van der Waals surface area contributed by atoms with Gasteiger partial charge in [-0.15, -0.1) is 0 Å². The molecule has 0 spiro atoms. The van der Waals surface area contributed by atoms with Gasteiger partial charge in [-0.3, -0.25) is 9.69 Å². The Balaban J connectivity index is 1.50. The first kappa shape index (κ1) is 18.7. The van der Waals surface area contributed by atoms with Gasteiger partial charge in [0, 0.05) is 45.2 Å². The van der Waals surface area contributed by atoms with Crippen LogP contribution in [0.15, 0.2) is 18.2 Å². The maximum atomic E-state index is 12.5. The largest absolute Gasteiger partial charge is 0.497 e. The molecule has 0 unspecified atom stereocenters. The third-order valence-corrected chi connectivity index (χ3v) is 5.18. The van der Waals surface area contributed by atoms with Crippen molar-refractivity contribution in [2.24, 2.45) is 0 Å². The van der Waals surface area contributed by atoms with E-state index in [2.05, 4.69) is 33.9 Å². The zero-order valence-corrected chi connectivity index (χ0v) is 16.2. The van der Waals surface area contributed by atoms with E-state index in [9.17, 15) is 4.79 Å². The molecule has 1 amide bonds. The number of likely N-dealkylation sites (tertiary alicyclic amines) is 1. The maximum Gasteiger partial charge on any atom is 0.236 e. The van der Waals surface area contributed by atoms with E-state index in [0.29, 0.717) is 25.6 Å². The van der Waals surface area contributed by atoms with E-state index in [1.807, 2.05) is 25.2 Å². The lowest BCUT2D eigenvalue weighted by atomic mass is 10.2. The molecular formula is C19H29N5O2. The molecule has 1 aromatic carbocycles. The Hall–Kier alpha value is -2.12. The minimum absolute atomic E-state index is 0.169. The van der Waals surface area contributed by atoms with Gasteiger partial charge >= 0.3 is 0 Å². The average Bonchev–Trinajstić information content (AvgIpc) is 3.25. The second-order valence-corrected chi connectivity index (χ2v) is 7.27. The summed E-state index contributed by atoms with van der Waals surface area (Å²) in [7, 11) is 7.73. The minimum atomic E-state index is 0.169. The van der Waals surface area contributed by atoms with Gasteiger partial charge in [0.05, 0.1) is 24.7 Å². The number of benzene rings is 1. The van der Waals surface area contributed by atoms with Gasteiger partial charge in [0.1, 0.15) is 11.6 Å². The molecule has 1 aromatic heterocycles. The van der Waals surface area contributed by atoms with Gasteiger partial charge in [0.25, 0.3) is 0 Å². The van der Waals surface area contributed by atoms with Crippen LogP contribution in [0.5, 0.6) is 5.75 Å². The van der Waals surface area contributed by atoms with Gasteiger partial charge in [0.2, 0.25) is 5.91 Å². The molecule has 1 fully saturated rings. The summed E-state index contributed by atoms with van der Waals surface area (Å²) in [5.41, 5.74) is 1.88. The molecule has 2 heterocycles. The number of carbonyl (C=O) groups excluding carboxylic acids is 1. The van der Waals surface area contributed by atoms with Gasteiger partial charge < -0.3 is 19.5 Å². The van der Waals surface area contributed by atoms with E-state index < -0.39 is 0 Å². The Morgan fingerprint density at radius 3 is 2.88 bits per heavy atom. The number of hydrogen-bond acceptors (Lipinski definition) is 5. The van der Waals surface area contributed by atoms with Crippen LogP contribution in [-0.4, -0.2) is 91.0 Å². The Morgan fingerprint density at radius 2 is 2.19 bits per heavy atom. The molecule has 1 saturated heterocycles. The van der Waals surface area contributed by atoms with Gasteiger partial charge in [-0.1, -0.05) is 0 Å². The first-order chi connectivity index (χ1) is 12.5. The predicted octanol–water partition coefficient (Wildman–Crippen LogP) is 1.21. The number of nitrogens with zero attached hydrogens (tertiary/aromatic N) is 4. The van der Waals surface area contributed by atoms with Crippen LogP contribution in [0.2, 0.25) is 0 Å². The number of fused-ring (bicyclic) bond motifs is 1. The molecule has 0 saturated carbocycles. The number of methoxy groups -OCH3 is 1. The highest BCUT2D eigenvalue weighted by Gasteiger charge is 2.26. The van der Waals surface area contributed by atoms with Crippen LogP contribution >= 0.6 is 0 Å². The third kappa shape index (κ3) is 4.34. The second kappa shape index (κ2) is 8.05. The van der Waals surface area contributed by atoms with Crippen molar-refractivity contribution in [1.82, 2.24) is 24.7 Å². The third-order valence-electron chi connectivity index (χ3n) is 5.18. The number of hydrogen-bond donors (Lipinski definition) is 1. The number of H-pyrrole nitrogens is 1. The fourth-order valence-corrected chi connectivity index (χ4v) is 3.37. The zero-order chi connectivity index (χ0) is 18.7. The van der Waals surface area contributed by atoms with Crippen molar-refractivity contribution in [3.8, 4) is 5.75 Å². The Kier molecular flexibility index (Phi) is 5.78. The lowest BCUT2D eigenvalue weighted by Gasteiger charge is -2.22. The Morgan fingerprint density at radius 1 is 1.38 bits per heavy atom. The van der Waals surface area contributed by atoms with Crippen molar-refractivity contribution < 1.29 is 9.53 Å². The van der Waals surface area contributed by atoms with Crippen LogP contribution in [0.25, 0.3) is 11.0 Å². The fourth-order valence-electron chi connectivity index (χ4n) is 3.37. The van der Waals surface area contributed by atoms with E-state index in [1.54, 1.807) is 12.0 Å². The highest BCUT2D eigenvalue weighted by Crippen LogP contribution is 2.19. The van der Waals surface area contributed by atoms with Crippen molar-refractivity contribution in [3.05, 3.63) is 24.0 Å². The molecule has 0 radical (unpaired) electrons. The predicted molar refractivity (Wildman–Crippen MR) is 103 cm³/mol. The Labute approximate surface area is 154 Å². The van der Waals surface area contributed by atoms with Crippen LogP contribution in [-0.2, 0) is 11.2 Å². The van der Waals surface area contributed by atoms with Crippen molar-refractivity contribution in [3.63, 3.8) is 0 Å². The van der Waals surface area contributed by atoms with Gasteiger partial charge in [0.15, 0.2) is 0 Å². The average molecular weight is 359 g/mol. The van der Waals surface area contributed by atoms with Crippen LogP contribution in [0.4, 0.5) is 0 Å². The number of carbonyl (C=O) groups is 1. The summed E-state index contributed by atoms with van der Waals surface area (Å²) in [4.78, 5) is 26.7. The number of likely N-dealkylation sites (N-methyl/N-ethyl adjacent to an activating group) is 2. The lowest BCUT2D eigenvalue weighted by Crippen LogP contribution is -2.39. The number of aromatic amines is 1. The summed E-state index contributed by atoms with van der Waals surface area (Å²) in [6.45, 7) is 3.12. The normalized spacial score (nSPS) is 18.0. The quantitative estimate of drug-likeness (QED) is 0.805. The minimum Gasteiger partial charge on any atom is -0.497 e. The first-order valence-corrected chi connectivity index (χ1v) is 9.11. The molecule has 2 aromatic rings. The number of imidazole rings is 1.